The van der Waals surface area contributed by atoms with Crippen LogP contribution in [0.3, 0.4) is 0 Å². The van der Waals surface area contributed by atoms with Crippen LogP contribution < -0.4 is 10.6 Å². The van der Waals surface area contributed by atoms with Crippen molar-refractivity contribution in [1.29, 1.82) is 0 Å². The maximum absolute atomic E-state index is 11.8. The number of nitrogens with zero attached hydrogens (tertiary/aromatic N) is 3. The molecule has 0 spiro atoms. The molecule has 0 aliphatic rings. The van der Waals surface area contributed by atoms with E-state index in [-0.39, 0.29) is 22.9 Å². The zero-order valence-electron chi connectivity index (χ0n) is 18.3. The minimum absolute atomic E-state index is 0.0745. The van der Waals surface area contributed by atoms with E-state index in [9.17, 15) is 31.0 Å². The SMILES string of the molecule is O=S(=O)(O)c1ccc(S(=O)(=O)O)c(Nc2nc(Cl)nc(Nc3ccc4c(O)cc(SOOO)cc4c3)n2)c1. The highest BCUT2D eigenvalue weighted by atomic mass is 35.5. The summed E-state index contributed by atoms with van der Waals surface area (Å²) >= 11 is 6.62. The van der Waals surface area contributed by atoms with Crippen LogP contribution in [0.4, 0.5) is 23.3 Å². The normalized spacial score (nSPS) is 12.0. The fraction of sp³-hybridized carbons (Fsp3) is 0. The Morgan fingerprint density at radius 1 is 0.868 bits per heavy atom. The second-order valence-corrected chi connectivity index (χ2v) is 11.1. The van der Waals surface area contributed by atoms with Crippen LogP contribution in [-0.2, 0) is 29.6 Å². The Labute approximate surface area is 223 Å². The van der Waals surface area contributed by atoms with Crippen molar-refractivity contribution in [3.8, 4) is 5.75 Å². The number of halogens is 1. The third-order valence-corrected chi connectivity index (χ3v) is 7.19. The van der Waals surface area contributed by atoms with Crippen LogP contribution in [0.2, 0.25) is 5.28 Å². The molecule has 19 heteroatoms. The number of aromatic hydroxyl groups is 1. The lowest BCUT2D eigenvalue weighted by atomic mass is 10.1. The van der Waals surface area contributed by atoms with Crippen molar-refractivity contribution in [2.45, 2.75) is 14.7 Å². The molecule has 0 fully saturated rings. The van der Waals surface area contributed by atoms with Crippen LogP contribution >= 0.6 is 23.6 Å². The number of phenolic OH excluding ortho intramolecular Hbond substituents is 1. The summed E-state index contributed by atoms with van der Waals surface area (Å²) in [7, 11) is -9.55. The molecule has 38 heavy (non-hydrogen) atoms. The minimum Gasteiger partial charge on any atom is -0.507 e. The number of hydrogen-bond donors (Lipinski definition) is 6. The van der Waals surface area contributed by atoms with Crippen LogP contribution in [-0.4, -0.2) is 51.3 Å². The fourth-order valence-corrected chi connectivity index (χ4v) is 4.95. The first-order chi connectivity index (χ1) is 17.8. The molecule has 4 aromatic rings. The average Bonchev–Trinajstić information content (AvgIpc) is 2.81. The molecular weight excluding hydrogens is 590 g/mol. The largest absolute Gasteiger partial charge is 0.507 e. The van der Waals surface area contributed by atoms with E-state index in [1.165, 1.54) is 6.07 Å². The third kappa shape index (κ3) is 6.56. The molecule has 0 aliphatic carbocycles. The van der Waals surface area contributed by atoms with Gasteiger partial charge in [-0.3, -0.25) is 9.11 Å². The topological polar surface area (TPSA) is 230 Å². The Balaban J connectivity index is 1.68. The molecule has 0 unspecified atom stereocenters. The number of aromatic nitrogens is 3. The Morgan fingerprint density at radius 3 is 2.24 bits per heavy atom. The highest BCUT2D eigenvalue weighted by molar-refractivity contribution is 7.94. The second kappa shape index (κ2) is 10.8. The first-order valence-electron chi connectivity index (χ1n) is 9.80. The van der Waals surface area contributed by atoms with Gasteiger partial charge in [0.15, 0.2) is 0 Å². The maximum Gasteiger partial charge on any atom is 0.296 e. The van der Waals surface area contributed by atoms with E-state index in [2.05, 4.69) is 35.0 Å². The lowest BCUT2D eigenvalue weighted by Gasteiger charge is -2.12. The monoisotopic (exact) mass is 603 g/mol. The third-order valence-electron chi connectivity index (χ3n) is 4.70. The summed E-state index contributed by atoms with van der Waals surface area (Å²) in [6, 6.07) is 10.1. The van der Waals surface area contributed by atoms with Gasteiger partial charge in [-0.2, -0.15) is 31.8 Å². The van der Waals surface area contributed by atoms with E-state index < -0.39 is 35.7 Å². The predicted octanol–water partition coefficient (Wildman–Crippen LogP) is 3.79. The molecule has 15 nitrogen and oxygen atoms in total. The van der Waals surface area contributed by atoms with Crippen molar-refractivity contribution in [3.63, 3.8) is 0 Å². The predicted molar refractivity (Wildman–Crippen MR) is 134 cm³/mol. The first-order valence-corrected chi connectivity index (χ1v) is 13.8. The quantitative estimate of drug-likeness (QED) is 0.0691. The van der Waals surface area contributed by atoms with Gasteiger partial charge in [0, 0.05) is 16.0 Å². The van der Waals surface area contributed by atoms with Crippen molar-refractivity contribution >= 4 is 77.9 Å². The van der Waals surface area contributed by atoms with Crippen LogP contribution in [0.15, 0.2) is 63.2 Å². The summed E-state index contributed by atoms with van der Waals surface area (Å²) < 4.78 is 69.7. The van der Waals surface area contributed by atoms with Gasteiger partial charge in [0.2, 0.25) is 17.2 Å². The summed E-state index contributed by atoms with van der Waals surface area (Å²) in [5, 5.41) is 28.1. The molecule has 0 radical (unpaired) electrons. The van der Waals surface area contributed by atoms with Gasteiger partial charge in [-0.25, -0.2) is 5.26 Å². The molecule has 1 aromatic heterocycles. The highest BCUT2D eigenvalue weighted by Gasteiger charge is 2.21. The molecule has 0 bridgehead atoms. The fourth-order valence-electron chi connectivity index (χ4n) is 3.21. The molecule has 3 aromatic carbocycles. The summed E-state index contributed by atoms with van der Waals surface area (Å²) in [6.45, 7) is 0. The lowest BCUT2D eigenvalue weighted by molar-refractivity contribution is -0.432. The maximum atomic E-state index is 11.8. The molecule has 200 valence electrons. The standard InChI is InChI=1S/C19H14ClN5O10S3/c20-17-23-18(21-10-1-3-13-9(5-10)6-11(7-15(13)26)36-35-34-27)25-19(24-17)22-14-8-12(37(28,29)30)2-4-16(14)38(31,32)33/h1-8,26-27H,(H,28,29,30)(H,31,32,33)(H2,21,22,23,24,25). The van der Waals surface area contributed by atoms with Gasteiger partial charge >= 0.3 is 0 Å². The van der Waals surface area contributed by atoms with Gasteiger partial charge in [0.1, 0.15) is 10.6 Å². The smallest absolute Gasteiger partial charge is 0.296 e. The minimum atomic E-state index is -4.83. The van der Waals surface area contributed by atoms with Crippen LogP contribution in [0.1, 0.15) is 0 Å². The van der Waals surface area contributed by atoms with E-state index in [1.807, 2.05) is 0 Å². The van der Waals surface area contributed by atoms with Crippen molar-refractivity contribution in [3.05, 3.63) is 53.8 Å². The lowest BCUT2D eigenvalue weighted by Crippen LogP contribution is -2.09. The van der Waals surface area contributed by atoms with Gasteiger partial charge in [-0.15, -0.1) is 4.33 Å². The Bertz CT molecular complexity index is 1760. The molecule has 0 saturated carbocycles. The van der Waals surface area contributed by atoms with Gasteiger partial charge in [-0.05, 0) is 65.5 Å². The highest BCUT2D eigenvalue weighted by Crippen LogP contribution is 2.34. The number of anilines is 4. The van der Waals surface area contributed by atoms with Crippen molar-refractivity contribution in [2.24, 2.45) is 0 Å². The van der Waals surface area contributed by atoms with Crippen LogP contribution in [0, 0.1) is 0 Å². The van der Waals surface area contributed by atoms with Crippen molar-refractivity contribution < 1.29 is 45.7 Å². The molecule has 0 saturated heterocycles. The van der Waals surface area contributed by atoms with Crippen molar-refractivity contribution in [2.75, 3.05) is 10.6 Å². The first kappa shape index (κ1) is 27.7. The second-order valence-electron chi connectivity index (χ2n) is 7.21. The van der Waals surface area contributed by atoms with E-state index in [0.29, 0.717) is 33.4 Å². The Kier molecular flexibility index (Phi) is 7.88. The van der Waals surface area contributed by atoms with E-state index in [0.717, 1.165) is 18.2 Å². The number of fused-ring (bicyclic) bond motifs is 1. The molecular formula is C19H14ClN5O10S3. The molecule has 1 heterocycles. The van der Waals surface area contributed by atoms with Crippen LogP contribution in [0.5, 0.6) is 5.75 Å². The van der Waals surface area contributed by atoms with Gasteiger partial charge < -0.3 is 15.7 Å². The zero-order valence-corrected chi connectivity index (χ0v) is 21.5. The molecule has 4 rings (SSSR count). The molecule has 0 atom stereocenters. The van der Waals surface area contributed by atoms with Gasteiger partial charge in [-0.1, -0.05) is 5.04 Å². The number of nitrogens with one attached hydrogen (secondary N) is 2. The number of hydrogen-bond acceptors (Lipinski definition) is 14. The summed E-state index contributed by atoms with van der Waals surface area (Å²) in [6.07, 6.45) is 0. The zero-order chi connectivity index (χ0) is 27.7. The van der Waals surface area contributed by atoms with Crippen LogP contribution in [0.25, 0.3) is 10.8 Å². The molecule has 6 N–H and O–H groups in total. The van der Waals surface area contributed by atoms with E-state index in [4.69, 9.17) is 16.9 Å². The van der Waals surface area contributed by atoms with Crippen molar-refractivity contribution in [1.82, 2.24) is 15.0 Å². The number of phenols is 1. The van der Waals surface area contributed by atoms with Gasteiger partial charge in [0.25, 0.3) is 20.2 Å². The van der Waals surface area contributed by atoms with E-state index in [1.54, 1.807) is 24.3 Å². The summed E-state index contributed by atoms with van der Waals surface area (Å²) in [5.74, 6) is -0.546. The summed E-state index contributed by atoms with van der Waals surface area (Å²) in [4.78, 5) is 10.8. The van der Waals surface area contributed by atoms with E-state index >= 15 is 0 Å². The number of rotatable bonds is 9. The number of benzene rings is 3. The average molecular weight is 604 g/mol. The summed E-state index contributed by atoms with van der Waals surface area (Å²) in [5.41, 5.74) is -0.0604. The molecule has 0 amide bonds. The Hall–Kier alpha value is -3.33. The molecule has 0 aliphatic heterocycles. The Morgan fingerprint density at radius 2 is 1.58 bits per heavy atom. The van der Waals surface area contributed by atoms with Gasteiger partial charge in [0.05, 0.1) is 22.6 Å².